The van der Waals surface area contributed by atoms with Gasteiger partial charge in [0, 0.05) is 34.1 Å². The maximum absolute atomic E-state index is 12.4. The van der Waals surface area contributed by atoms with Crippen LogP contribution in [0.25, 0.3) is 33.0 Å². The summed E-state index contributed by atoms with van der Waals surface area (Å²) in [6.45, 7) is 1.58. The largest absolute Gasteiger partial charge is 0.499 e. The Labute approximate surface area is 448 Å². The number of methoxy groups -OCH3 is 1. The molecule has 7 aromatic rings. The molecule has 5 aromatic carbocycles. The number of anilines is 4. The Hall–Kier alpha value is -8.31. The van der Waals surface area contributed by atoms with Gasteiger partial charge in [-0.2, -0.15) is 49.2 Å². The van der Waals surface area contributed by atoms with Gasteiger partial charge in [0.25, 0.3) is 40.5 Å². The molecule has 0 radical (unpaired) electrons. The molecule has 0 saturated carbocycles. The van der Waals surface area contributed by atoms with E-state index in [0.717, 1.165) is 52.4 Å². The van der Waals surface area contributed by atoms with Crippen molar-refractivity contribution >= 4 is 118 Å². The van der Waals surface area contributed by atoms with Gasteiger partial charge in [-0.15, -0.1) is 20.5 Å². The van der Waals surface area contributed by atoms with Crippen molar-refractivity contribution in [2.45, 2.75) is 46.9 Å². The Kier molecular flexibility index (Phi) is 15.1. The van der Waals surface area contributed by atoms with Gasteiger partial charge < -0.3 is 15.4 Å². The van der Waals surface area contributed by atoms with Crippen molar-refractivity contribution in [2.24, 2.45) is 30.7 Å². The molecule has 1 unspecified atom stereocenters. The molecular formula is C49H39N11O13S5. The number of hydrogen-bond donors (Lipinski definition) is 6. The van der Waals surface area contributed by atoms with Crippen LogP contribution < -0.4 is 21.1 Å². The summed E-state index contributed by atoms with van der Waals surface area (Å²) >= 11 is 1.02. The van der Waals surface area contributed by atoms with Gasteiger partial charge in [0.15, 0.2) is 16.6 Å². The van der Waals surface area contributed by atoms with Crippen LogP contribution in [0.2, 0.25) is 0 Å². The molecule has 0 aliphatic heterocycles. The van der Waals surface area contributed by atoms with Gasteiger partial charge in [-0.3, -0.25) is 18.2 Å². The predicted octanol–water partition coefficient (Wildman–Crippen LogP) is 9.81. The van der Waals surface area contributed by atoms with Crippen molar-refractivity contribution in [1.82, 2.24) is 9.97 Å². The second-order valence-electron chi connectivity index (χ2n) is 17.0. The monoisotopic (exact) mass is 1150 g/mol. The molecule has 0 saturated heterocycles. The van der Waals surface area contributed by atoms with Gasteiger partial charge in [0.1, 0.15) is 33.8 Å². The van der Waals surface area contributed by atoms with Gasteiger partial charge in [0.05, 0.1) is 39.1 Å². The van der Waals surface area contributed by atoms with E-state index in [2.05, 4.69) is 52.4 Å². The van der Waals surface area contributed by atoms with Crippen LogP contribution in [0, 0.1) is 18.3 Å². The molecule has 398 valence electrons. The third kappa shape index (κ3) is 12.1. The minimum absolute atomic E-state index is 0.00207. The first-order valence-corrected chi connectivity index (χ1v) is 29.2. The average molecular weight is 1150 g/mol. The molecule has 0 amide bonds. The van der Waals surface area contributed by atoms with Crippen LogP contribution in [0.1, 0.15) is 30.4 Å². The van der Waals surface area contributed by atoms with Crippen LogP contribution in [0.4, 0.5) is 44.5 Å². The summed E-state index contributed by atoms with van der Waals surface area (Å²) in [5, 5.41) is 45.1. The van der Waals surface area contributed by atoms with Crippen molar-refractivity contribution in [3.05, 3.63) is 148 Å². The zero-order valence-electron chi connectivity index (χ0n) is 40.3. The first kappa shape index (κ1) is 54.5. The molecule has 2 aromatic heterocycles. The van der Waals surface area contributed by atoms with E-state index in [0.29, 0.717) is 22.0 Å². The lowest BCUT2D eigenvalue weighted by molar-refractivity contribution is 0.267. The number of allylic oxidation sites excluding steroid dienone is 1. The van der Waals surface area contributed by atoms with Gasteiger partial charge in [-0.25, -0.2) is 9.97 Å². The molecule has 6 N–H and O–H groups in total. The van der Waals surface area contributed by atoms with Crippen molar-refractivity contribution in [3.63, 3.8) is 0 Å². The summed E-state index contributed by atoms with van der Waals surface area (Å²) in [7, 11) is -17.3. The van der Waals surface area contributed by atoms with Crippen molar-refractivity contribution in [3.8, 4) is 17.3 Å². The molecule has 24 nitrogen and oxygen atoms in total. The number of nitrogens with zero attached hydrogens (tertiary/aromatic N) is 9. The predicted molar refractivity (Wildman–Crippen MR) is 287 cm³/mol. The number of pyridine rings is 1. The molecule has 9 rings (SSSR count). The van der Waals surface area contributed by atoms with Crippen LogP contribution in [-0.4, -0.2) is 75.0 Å². The fourth-order valence-electron chi connectivity index (χ4n) is 8.18. The first-order valence-electron chi connectivity index (χ1n) is 22.6. The van der Waals surface area contributed by atoms with Crippen LogP contribution in [0.5, 0.6) is 0 Å². The Morgan fingerprint density at radius 2 is 1.37 bits per heavy atom. The normalized spacial score (nSPS) is 15.2. The fraction of sp³-hybridized carbons (Fsp3) is 0.122. The minimum Gasteiger partial charge on any atom is -0.499 e. The van der Waals surface area contributed by atoms with Gasteiger partial charge >= 0.3 is 0 Å². The summed E-state index contributed by atoms with van der Waals surface area (Å²) in [6, 6.07) is 27.1. The van der Waals surface area contributed by atoms with Gasteiger partial charge in [-0.1, -0.05) is 59.9 Å². The molecule has 1 atom stereocenters. The Balaban J connectivity index is 1.06. The van der Waals surface area contributed by atoms with Crippen LogP contribution in [0.3, 0.4) is 0 Å². The van der Waals surface area contributed by atoms with Crippen molar-refractivity contribution in [2.75, 3.05) is 17.7 Å². The molecule has 29 heteroatoms. The zero-order chi connectivity index (χ0) is 55.7. The quantitative estimate of drug-likeness (QED) is 0.0387. The van der Waals surface area contributed by atoms with E-state index in [4.69, 9.17) is 9.72 Å². The van der Waals surface area contributed by atoms with Crippen LogP contribution in [0.15, 0.2) is 172 Å². The number of nitriles is 1. The summed E-state index contributed by atoms with van der Waals surface area (Å²) < 4.78 is 141. The third-order valence-electron chi connectivity index (χ3n) is 11.9. The molecule has 0 spiro atoms. The smallest absolute Gasteiger partial charge is 0.295 e. The maximum atomic E-state index is 12.4. The Morgan fingerprint density at radius 1 is 0.718 bits per heavy atom. The van der Waals surface area contributed by atoms with E-state index in [9.17, 15) is 57.1 Å². The number of rotatable bonds is 16. The average Bonchev–Trinajstić information content (AvgIpc) is 3.91. The van der Waals surface area contributed by atoms with E-state index >= 15 is 0 Å². The second-order valence-corrected chi connectivity index (χ2v) is 23.6. The summed E-state index contributed by atoms with van der Waals surface area (Å²) in [6.07, 6.45) is 4.72. The van der Waals surface area contributed by atoms with E-state index in [-0.39, 0.29) is 95.8 Å². The van der Waals surface area contributed by atoms with Crippen LogP contribution in [-0.2, 0) is 45.2 Å². The lowest BCUT2D eigenvalue weighted by Gasteiger charge is -2.16. The number of hydrogen-bond acceptors (Lipinski definition) is 21. The molecule has 2 heterocycles. The van der Waals surface area contributed by atoms with Crippen molar-refractivity contribution < 1.29 is 56.6 Å². The molecule has 0 bridgehead atoms. The number of aromatic nitrogens is 2. The maximum Gasteiger partial charge on any atom is 0.295 e. The number of azo groups is 3. The number of benzene rings is 5. The first-order chi connectivity index (χ1) is 37.0. The highest BCUT2D eigenvalue weighted by molar-refractivity contribution is 7.95. The summed E-state index contributed by atoms with van der Waals surface area (Å²) in [4.78, 5) is 7.64. The zero-order valence-corrected chi connectivity index (χ0v) is 44.4. The second kappa shape index (κ2) is 21.6. The van der Waals surface area contributed by atoms with Crippen molar-refractivity contribution in [1.29, 1.82) is 5.26 Å². The highest BCUT2D eigenvalue weighted by Crippen LogP contribution is 2.43. The Morgan fingerprint density at radius 3 is 1.99 bits per heavy atom. The topological polar surface area (TPSA) is 374 Å². The molecule has 0 fully saturated rings. The lowest BCUT2D eigenvalue weighted by atomic mass is 10.1. The minimum atomic E-state index is -4.88. The van der Waals surface area contributed by atoms with Gasteiger partial charge in [0.2, 0.25) is 5.13 Å². The fourth-order valence-corrected chi connectivity index (χ4v) is 11.4. The number of nitrogens with one attached hydrogen (secondary N) is 2. The summed E-state index contributed by atoms with van der Waals surface area (Å²) in [5.41, 5.74) is 1.97. The van der Waals surface area contributed by atoms with E-state index in [1.54, 1.807) is 19.1 Å². The van der Waals surface area contributed by atoms with E-state index in [1.165, 1.54) is 43.5 Å². The molecule has 78 heavy (non-hydrogen) atoms. The van der Waals surface area contributed by atoms with E-state index < -0.39 is 56.3 Å². The number of ether oxygens (including phenoxy) is 1. The molecule has 2 aliphatic rings. The molecule has 2 aliphatic carbocycles. The van der Waals surface area contributed by atoms with Crippen LogP contribution >= 0.6 is 11.3 Å². The number of fused-ring (bicyclic) bond motifs is 2. The molecular weight excluding hydrogens is 1110 g/mol. The highest BCUT2D eigenvalue weighted by Gasteiger charge is 2.25. The third-order valence-corrected chi connectivity index (χ3v) is 16.4. The Bertz CT molecular complexity index is 4430. The highest BCUT2D eigenvalue weighted by atomic mass is 32.2. The summed E-state index contributed by atoms with van der Waals surface area (Å²) in [5.74, 6) is 0.302. The van der Waals surface area contributed by atoms with Gasteiger partial charge in [-0.05, 0) is 109 Å². The standard InChI is InChI=1S/C49H39N11O13S5/c1-27-39(26-50)46(51-31-12-17-35(18-13-31)75(61,62)63)54-47(52-32-14-19-36(20-15-32)76(64,65)66)44(27)58-60-49-53-45(30-11-10-28-6-3-4-7-29(28)22-30)48(74-49)59-55-33-16-21-40(41(24-33)73-2)57-56-34-23-38-37(43(25-34)78(70,71)72)8-5-9-42(38)77(67,68)69/h3-4,6-8,10-23,25,33H,5,9,24H2,1-2H3,(H2,51,52,54)(H,61,62,63)(H,64,65,66)(H,67,68,69)(H,70,71,72)/b57-56+,59-55+,60-58+. The lowest BCUT2D eigenvalue weighted by Crippen LogP contribution is -2.35. The number of thiazole rings is 1. The SMILES string of the molecule is COC1=C(/N=N/c2cc(S(=O)(=O)O)c3c(c2)=C(S(=O)(=O)O)CCC=3)C=CC(/N=N/c2sc(/N=N/c3c(Nc4ccc(S(=O)(=O)O)cc4)nc(Nc4ccc(S(=O)(=O)O)cc4)c(C#N)c3C)nc2-c2ccc3ccccc3c2)C1. The van der Waals surface area contributed by atoms with E-state index in [1.807, 2.05) is 42.5 Å².